The summed E-state index contributed by atoms with van der Waals surface area (Å²) in [6.07, 6.45) is 12.0. The minimum atomic E-state index is -0.714. The van der Waals surface area contributed by atoms with E-state index in [-0.39, 0.29) is 23.9 Å². The molecule has 30 heavy (non-hydrogen) atoms. The maximum absolute atomic E-state index is 13.1. The molecule has 162 valence electrons. The van der Waals surface area contributed by atoms with Crippen molar-refractivity contribution in [1.29, 1.82) is 5.26 Å². The molecule has 0 saturated heterocycles. The molecule has 0 bridgehead atoms. The van der Waals surface area contributed by atoms with Crippen LogP contribution in [0.2, 0.25) is 0 Å². The fourth-order valence-electron chi connectivity index (χ4n) is 4.88. The zero-order chi connectivity index (χ0) is 21.3. The van der Waals surface area contributed by atoms with Crippen LogP contribution in [0.5, 0.6) is 0 Å². The van der Waals surface area contributed by atoms with Gasteiger partial charge in [0.15, 0.2) is 5.83 Å². The number of nitrogens with zero attached hydrogens (tertiary/aromatic N) is 1. The lowest BCUT2D eigenvalue weighted by molar-refractivity contribution is -0.157. The molecule has 4 heteroatoms. The summed E-state index contributed by atoms with van der Waals surface area (Å²) in [5.41, 5.74) is 2.83. The average Bonchev–Trinajstić information content (AvgIpc) is 2.79. The van der Waals surface area contributed by atoms with E-state index in [2.05, 4.69) is 31.2 Å². The van der Waals surface area contributed by atoms with Crippen molar-refractivity contribution in [2.24, 2.45) is 11.8 Å². The monoisotopic (exact) mass is 411 g/mol. The van der Waals surface area contributed by atoms with Crippen molar-refractivity contribution < 1.29 is 13.9 Å². The fourth-order valence-corrected chi connectivity index (χ4v) is 4.88. The van der Waals surface area contributed by atoms with Crippen LogP contribution in [0, 0.1) is 23.2 Å². The summed E-state index contributed by atoms with van der Waals surface area (Å²) in [5.74, 6) is -0.238. The maximum Gasteiger partial charge on any atom is 0.309 e. The van der Waals surface area contributed by atoms with Gasteiger partial charge in [-0.1, -0.05) is 37.6 Å². The van der Waals surface area contributed by atoms with Crippen LogP contribution in [-0.4, -0.2) is 12.1 Å². The van der Waals surface area contributed by atoms with Gasteiger partial charge in [-0.05, 0) is 93.2 Å². The molecule has 0 spiro atoms. The van der Waals surface area contributed by atoms with Crippen LogP contribution >= 0.6 is 0 Å². The molecule has 2 aliphatic rings. The van der Waals surface area contributed by atoms with Crippen LogP contribution in [0.3, 0.4) is 0 Å². The van der Waals surface area contributed by atoms with E-state index in [9.17, 15) is 9.18 Å². The number of esters is 1. The summed E-state index contributed by atoms with van der Waals surface area (Å²) < 4.78 is 18.9. The number of hydrogen-bond donors (Lipinski definition) is 0. The van der Waals surface area contributed by atoms with Gasteiger partial charge in [0.1, 0.15) is 12.2 Å². The molecule has 0 unspecified atom stereocenters. The van der Waals surface area contributed by atoms with E-state index in [1.54, 1.807) is 0 Å². The van der Waals surface area contributed by atoms with Gasteiger partial charge in [-0.25, -0.2) is 0 Å². The number of carbonyl (C=O) groups excluding carboxylic acids is 1. The van der Waals surface area contributed by atoms with Gasteiger partial charge in [0.25, 0.3) is 0 Å². The molecule has 2 saturated carbocycles. The fraction of sp³-hybridized carbons (Fsp3) is 0.615. The summed E-state index contributed by atoms with van der Waals surface area (Å²) in [7, 11) is 0. The molecule has 3 rings (SSSR count). The van der Waals surface area contributed by atoms with Crippen LogP contribution < -0.4 is 0 Å². The third-order valence-electron chi connectivity index (χ3n) is 6.82. The van der Waals surface area contributed by atoms with Crippen molar-refractivity contribution in [3.63, 3.8) is 0 Å². The van der Waals surface area contributed by atoms with Gasteiger partial charge >= 0.3 is 5.97 Å². The van der Waals surface area contributed by atoms with Gasteiger partial charge < -0.3 is 4.74 Å². The van der Waals surface area contributed by atoms with Crippen LogP contribution in [0.15, 0.2) is 36.2 Å². The lowest BCUT2D eigenvalue weighted by Gasteiger charge is -2.31. The highest BCUT2D eigenvalue weighted by Crippen LogP contribution is 2.36. The molecular formula is C26H34FNO2. The molecule has 0 radical (unpaired) electrons. The Labute approximate surface area is 180 Å². The number of allylic oxidation sites excluding steroid dienone is 2. The molecule has 0 atom stereocenters. The number of halogens is 1. The normalized spacial score (nSPS) is 27.3. The number of hydrogen-bond acceptors (Lipinski definition) is 3. The Morgan fingerprint density at radius 1 is 1.10 bits per heavy atom. The minimum absolute atomic E-state index is 0.0335. The van der Waals surface area contributed by atoms with Gasteiger partial charge in [-0.2, -0.15) is 9.65 Å². The second-order valence-corrected chi connectivity index (χ2v) is 8.99. The molecule has 0 N–H and O–H groups in total. The second-order valence-electron chi connectivity index (χ2n) is 8.99. The number of carbonyl (C=O) groups is 1. The first-order valence-electron chi connectivity index (χ1n) is 11.7. The quantitative estimate of drug-likeness (QED) is 0.367. The molecule has 1 aromatic rings. The zero-order valence-corrected chi connectivity index (χ0v) is 18.1. The molecule has 0 amide bonds. The number of unbranched alkanes of at least 4 members (excludes halogenated alkanes) is 1. The Hall–Kier alpha value is -2.15. The van der Waals surface area contributed by atoms with Gasteiger partial charge in [-0.3, -0.25) is 4.79 Å². The molecule has 0 heterocycles. The van der Waals surface area contributed by atoms with Crippen molar-refractivity contribution in [1.82, 2.24) is 0 Å². The molecule has 3 nitrogen and oxygen atoms in total. The van der Waals surface area contributed by atoms with E-state index in [0.29, 0.717) is 5.92 Å². The van der Waals surface area contributed by atoms with E-state index in [1.165, 1.54) is 36.1 Å². The average molecular weight is 412 g/mol. The smallest absolute Gasteiger partial charge is 0.309 e. The van der Waals surface area contributed by atoms with Gasteiger partial charge in [0, 0.05) is 0 Å². The van der Waals surface area contributed by atoms with E-state index in [0.717, 1.165) is 57.8 Å². The van der Waals surface area contributed by atoms with E-state index in [4.69, 9.17) is 10.00 Å². The lowest BCUT2D eigenvalue weighted by Crippen LogP contribution is -2.29. The summed E-state index contributed by atoms with van der Waals surface area (Å²) in [6.45, 7) is 2.22. The number of aryl methyl sites for hydroxylation is 1. The third-order valence-corrected chi connectivity index (χ3v) is 6.82. The molecule has 2 aliphatic carbocycles. The number of nitriles is 1. The van der Waals surface area contributed by atoms with Crippen molar-refractivity contribution >= 4 is 5.97 Å². The molecule has 0 aliphatic heterocycles. The Bertz CT molecular complexity index is 748. The highest BCUT2D eigenvalue weighted by atomic mass is 19.1. The van der Waals surface area contributed by atoms with Gasteiger partial charge in [0.05, 0.1) is 5.92 Å². The van der Waals surface area contributed by atoms with Crippen LogP contribution in [0.25, 0.3) is 0 Å². The topological polar surface area (TPSA) is 50.1 Å². The molecule has 2 fully saturated rings. The Morgan fingerprint density at radius 3 is 2.37 bits per heavy atom. The molecular weight excluding hydrogens is 377 g/mol. The van der Waals surface area contributed by atoms with Crippen molar-refractivity contribution in [2.45, 2.75) is 89.6 Å². The number of benzene rings is 1. The largest absolute Gasteiger partial charge is 0.462 e. The second kappa shape index (κ2) is 11.3. The minimum Gasteiger partial charge on any atom is -0.462 e. The Kier molecular flexibility index (Phi) is 8.49. The standard InChI is InChI=1S/C26H34FNO2/c1-2-3-4-19-5-9-21(10-6-19)22-13-15-25(16-14-22)30-26(29)23-11-7-20(8-12-23)17-24(27)18-28/h5-6,9-10,17,20,22-23,25H,2-4,7-8,11-16H2,1H3. The zero-order valence-electron chi connectivity index (χ0n) is 18.1. The van der Waals surface area contributed by atoms with E-state index < -0.39 is 5.83 Å². The van der Waals surface area contributed by atoms with E-state index >= 15 is 0 Å². The van der Waals surface area contributed by atoms with Crippen molar-refractivity contribution in [3.05, 3.63) is 47.3 Å². The summed E-state index contributed by atoms with van der Waals surface area (Å²) in [4.78, 5) is 12.6. The van der Waals surface area contributed by atoms with Gasteiger partial charge in [-0.15, -0.1) is 0 Å². The first kappa shape index (κ1) is 22.5. The Morgan fingerprint density at radius 2 is 1.77 bits per heavy atom. The van der Waals surface area contributed by atoms with Crippen LogP contribution in [0.4, 0.5) is 4.39 Å². The lowest BCUT2D eigenvalue weighted by atomic mass is 9.81. The highest BCUT2D eigenvalue weighted by molar-refractivity contribution is 5.72. The van der Waals surface area contributed by atoms with Gasteiger partial charge in [0.2, 0.25) is 0 Å². The van der Waals surface area contributed by atoms with Crippen molar-refractivity contribution in [2.75, 3.05) is 0 Å². The number of ether oxygens (including phenoxy) is 1. The Balaban J connectivity index is 1.40. The first-order valence-corrected chi connectivity index (χ1v) is 11.7. The summed E-state index contributed by atoms with van der Waals surface area (Å²) in [5, 5.41) is 8.56. The van der Waals surface area contributed by atoms with E-state index in [1.807, 2.05) is 0 Å². The van der Waals surface area contributed by atoms with Crippen LogP contribution in [-0.2, 0) is 16.0 Å². The number of rotatable bonds is 7. The maximum atomic E-state index is 13.1. The third kappa shape index (κ3) is 6.42. The predicted octanol–water partition coefficient (Wildman–Crippen LogP) is 6.78. The first-order chi connectivity index (χ1) is 14.6. The predicted molar refractivity (Wildman–Crippen MR) is 116 cm³/mol. The summed E-state index contributed by atoms with van der Waals surface area (Å²) >= 11 is 0. The highest BCUT2D eigenvalue weighted by Gasteiger charge is 2.30. The van der Waals surface area contributed by atoms with Crippen LogP contribution in [0.1, 0.15) is 88.2 Å². The van der Waals surface area contributed by atoms with Crippen molar-refractivity contribution in [3.8, 4) is 6.07 Å². The SMILES string of the molecule is CCCCc1ccc(C2CCC(OC(=O)C3CCC(C=C(F)C#N)CC3)CC2)cc1. The molecule has 0 aromatic heterocycles. The summed E-state index contributed by atoms with van der Waals surface area (Å²) in [6, 6.07) is 10.6. The molecule has 1 aromatic carbocycles.